The van der Waals surface area contributed by atoms with Gasteiger partial charge in [-0.25, -0.2) is 9.37 Å². The van der Waals surface area contributed by atoms with Crippen LogP contribution in [0.2, 0.25) is 0 Å². The number of hydrogen-bond acceptors (Lipinski definition) is 3. The molecule has 3 rings (SSSR count). The van der Waals surface area contributed by atoms with Crippen molar-refractivity contribution in [2.45, 2.75) is 10.1 Å². The smallest absolute Gasteiger partial charge is 0.171 e. The van der Waals surface area contributed by atoms with E-state index in [0.717, 1.165) is 21.1 Å². The van der Waals surface area contributed by atoms with Gasteiger partial charge in [0.05, 0.1) is 11.0 Å². The molecule has 0 radical (unpaired) electrons. The number of nitrogen functional groups attached to an aromatic ring is 1. The van der Waals surface area contributed by atoms with Crippen molar-refractivity contribution >= 4 is 28.5 Å². The van der Waals surface area contributed by atoms with Crippen molar-refractivity contribution in [3.63, 3.8) is 0 Å². The van der Waals surface area contributed by atoms with Crippen LogP contribution in [0.1, 0.15) is 0 Å². The normalized spacial score (nSPS) is 10.9. The Morgan fingerprint density at radius 1 is 1.17 bits per heavy atom. The van der Waals surface area contributed by atoms with Crippen LogP contribution in [0.5, 0.6) is 0 Å². The third-order valence-corrected chi connectivity index (χ3v) is 3.33. The molecule has 2 aromatic carbocycles. The second-order valence-electron chi connectivity index (χ2n) is 3.88. The summed E-state index contributed by atoms with van der Waals surface area (Å²) < 4.78 is 13.2. The number of aromatic amines is 1. The molecule has 0 spiro atoms. The van der Waals surface area contributed by atoms with Gasteiger partial charge in [-0.15, -0.1) is 0 Å². The van der Waals surface area contributed by atoms with Crippen LogP contribution in [0.15, 0.2) is 52.5 Å². The highest BCUT2D eigenvalue weighted by molar-refractivity contribution is 7.99. The number of nitrogens with two attached hydrogens (primary N) is 1. The van der Waals surface area contributed by atoms with Gasteiger partial charge in [0.15, 0.2) is 5.16 Å². The Kier molecular flexibility index (Phi) is 2.68. The van der Waals surface area contributed by atoms with E-state index in [-0.39, 0.29) is 5.82 Å². The van der Waals surface area contributed by atoms with Crippen molar-refractivity contribution in [1.82, 2.24) is 9.97 Å². The van der Waals surface area contributed by atoms with E-state index in [4.69, 9.17) is 5.73 Å². The Morgan fingerprint density at radius 3 is 2.78 bits per heavy atom. The molecular weight excluding hydrogens is 249 g/mol. The largest absolute Gasteiger partial charge is 0.399 e. The van der Waals surface area contributed by atoms with Gasteiger partial charge in [0.2, 0.25) is 0 Å². The molecule has 0 saturated carbocycles. The summed E-state index contributed by atoms with van der Waals surface area (Å²) >= 11 is 1.35. The van der Waals surface area contributed by atoms with Crippen LogP contribution < -0.4 is 5.73 Å². The summed E-state index contributed by atoms with van der Waals surface area (Å²) in [5, 5.41) is 0.723. The number of hydrogen-bond donors (Lipinski definition) is 2. The van der Waals surface area contributed by atoms with Gasteiger partial charge >= 0.3 is 0 Å². The van der Waals surface area contributed by atoms with E-state index in [1.54, 1.807) is 6.07 Å². The maximum atomic E-state index is 13.2. The molecule has 0 aliphatic carbocycles. The van der Waals surface area contributed by atoms with E-state index in [2.05, 4.69) is 9.97 Å². The highest BCUT2D eigenvalue weighted by Crippen LogP contribution is 2.29. The zero-order valence-corrected chi connectivity index (χ0v) is 10.2. The molecule has 1 aromatic heterocycles. The fourth-order valence-electron chi connectivity index (χ4n) is 1.73. The lowest BCUT2D eigenvalue weighted by atomic mass is 10.3. The van der Waals surface area contributed by atoms with Crippen molar-refractivity contribution in [3.05, 3.63) is 48.3 Å². The summed E-state index contributed by atoms with van der Waals surface area (Å²) in [4.78, 5) is 8.31. The Morgan fingerprint density at radius 2 is 2.00 bits per heavy atom. The number of imidazole rings is 1. The van der Waals surface area contributed by atoms with Gasteiger partial charge in [0.25, 0.3) is 0 Å². The van der Waals surface area contributed by atoms with Gasteiger partial charge in [0, 0.05) is 10.6 Å². The van der Waals surface area contributed by atoms with Crippen molar-refractivity contribution in [2.24, 2.45) is 0 Å². The minimum absolute atomic E-state index is 0.339. The van der Waals surface area contributed by atoms with Crippen LogP contribution in [0.3, 0.4) is 0 Å². The maximum absolute atomic E-state index is 13.2. The van der Waals surface area contributed by atoms with Crippen molar-refractivity contribution < 1.29 is 4.39 Å². The van der Waals surface area contributed by atoms with Gasteiger partial charge in [-0.3, -0.25) is 0 Å². The predicted molar refractivity (Wildman–Crippen MR) is 71.0 cm³/mol. The van der Waals surface area contributed by atoms with E-state index in [1.807, 2.05) is 24.3 Å². The molecule has 3 aromatic rings. The summed E-state index contributed by atoms with van der Waals surface area (Å²) in [6.07, 6.45) is 0. The lowest BCUT2D eigenvalue weighted by Crippen LogP contribution is -1.87. The number of fused-ring (bicyclic) bond motifs is 1. The molecule has 3 N–H and O–H groups in total. The van der Waals surface area contributed by atoms with Crippen LogP contribution in [-0.4, -0.2) is 9.97 Å². The lowest BCUT2D eigenvalue weighted by molar-refractivity contribution is 0.625. The number of nitrogens with one attached hydrogen (secondary N) is 1. The first-order valence-electron chi connectivity index (χ1n) is 5.39. The molecule has 0 aliphatic heterocycles. The summed E-state index contributed by atoms with van der Waals surface area (Å²) in [6.45, 7) is 0. The number of nitrogens with zero attached hydrogens (tertiary/aromatic N) is 1. The third kappa shape index (κ3) is 2.17. The topological polar surface area (TPSA) is 54.7 Å². The maximum Gasteiger partial charge on any atom is 0.171 e. The fourth-order valence-corrected chi connectivity index (χ4v) is 2.63. The van der Waals surface area contributed by atoms with Gasteiger partial charge in [-0.2, -0.15) is 0 Å². The van der Waals surface area contributed by atoms with E-state index in [1.165, 1.54) is 23.9 Å². The SMILES string of the molecule is Nc1cc(F)cc(Sc2nc3ccccc3[nH]2)c1. The summed E-state index contributed by atoms with van der Waals surface area (Å²) in [6, 6.07) is 12.2. The molecule has 0 aliphatic rings. The van der Waals surface area contributed by atoms with Gasteiger partial charge < -0.3 is 10.7 Å². The van der Waals surface area contributed by atoms with Gasteiger partial charge in [-0.1, -0.05) is 23.9 Å². The van der Waals surface area contributed by atoms with Crippen LogP contribution in [0.25, 0.3) is 11.0 Å². The van der Waals surface area contributed by atoms with E-state index in [0.29, 0.717) is 5.69 Å². The molecule has 90 valence electrons. The molecule has 0 unspecified atom stereocenters. The Hall–Kier alpha value is -2.01. The van der Waals surface area contributed by atoms with E-state index < -0.39 is 0 Å². The highest BCUT2D eigenvalue weighted by Gasteiger charge is 2.05. The summed E-state index contributed by atoms with van der Waals surface area (Å²) in [5.74, 6) is -0.339. The standard InChI is InChI=1S/C13H10FN3S/c14-8-5-9(15)7-10(6-8)18-13-16-11-3-1-2-4-12(11)17-13/h1-7H,15H2,(H,16,17). The minimum Gasteiger partial charge on any atom is -0.399 e. The number of H-pyrrole nitrogens is 1. The molecule has 0 atom stereocenters. The van der Waals surface area contributed by atoms with E-state index in [9.17, 15) is 4.39 Å². The molecule has 3 nitrogen and oxygen atoms in total. The average Bonchev–Trinajstić information content (AvgIpc) is 2.69. The van der Waals surface area contributed by atoms with Crippen LogP contribution in [-0.2, 0) is 0 Å². The number of para-hydroxylation sites is 2. The van der Waals surface area contributed by atoms with Crippen LogP contribution in [0.4, 0.5) is 10.1 Å². The number of halogens is 1. The Labute approximate surface area is 107 Å². The number of aromatic nitrogens is 2. The number of anilines is 1. The van der Waals surface area contributed by atoms with Gasteiger partial charge in [-0.05, 0) is 30.3 Å². The first-order chi connectivity index (χ1) is 8.70. The second kappa shape index (κ2) is 4.34. The van der Waals surface area contributed by atoms with Gasteiger partial charge in [0.1, 0.15) is 5.82 Å². The zero-order valence-electron chi connectivity index (χ0n) is 9.35. The van der Waals surface area contributed by atoms with Crippen LogP contribution >= 0.6 is 11.8 Å². The molecule has 5 heteroatoms. The first kappa shape index (κ1) is 11.1. The molecular formula is C13H10FN3S. The highest BCUT2D eigenvalue weighted by atomic mass is 32.2. The Balaban J connectivity index is 1.96. The molecule has 1 heterocycles. The zero-order chi connectivity index (χ0) is 12.5. The quantitative estimate of drug-likeness (QED) is 0.693. The van der Waals surface area contributed by atoms with Crippen molar-refractivity contribution in [1.29, 1.82) is 0 Å². The second-order valence-corrected chi connectivity index (χ2v) is 4.94. The number of benzene rings is 2. The first-order valence-corrected chi connectivity index (χ1v) is 6.21. The minimum atomic E-state index is -0.339. The average molecular weight is 259 g/mol. The monoisotopic (exact) mass is 259 g/mol. The Bertz CT molecular complexity index is 655. The molecule has 18 heavy (non-hydrogen) atoms. The third-order valence-electron chi connectivity index (χ3n) is 2.48. The van der Waals surface area contributed by atoms with Crippen molar-refractivity contribution in [3.8, 4) is 0 Å². The molecule has 0 bridgehead atoms. The molecule has 0 fully saturated rings. The van der Waals surface area contributed by atoms with E-state index >= 15 is 0 Å². The fraction of sp³-hybridized carbons (Fsp3) is 0. The predicted octanol–water partition coefficient (Wildman–Crippen LogP) is 3.44. The lowest BCUT2D eigenvalue weighted by Gasteiger charge is -2.00. The summed E-state index contributed by atoms with van der Waals surface area (Å²) in [5.41, 5.74) is 7.87. The van der Waals surface area contributed by atoms with Crippen molar-refractivity contribution in [2.75, 3.05) is 5.73 Å². The summed E-state index contributed by atoms with van der Waals surface area (Å²) in [7, 11) is 0. The number of rotatable bonds is 2. The van der Waals surface area contributed by atoms with Crippen LogP contribution in [0, 0.1) is 5.82 Å². The molecule has 0 saturated heterocycles. The molecule has 0 amide bonds.